The quantitative estimate of drug-likeness (QED) is 0.828. The first-order chi connectivity index (χ1) is 10.2. The van der Waals surface area contributed by atoms with Crippen molar-refractivity contribution < 1.29 is 9.47 Å². The van der Waals surface area contributed by atoms with E-state index < -0.39 is 0 Å². The average molecular weight is 291 g/mol. The zero-order chi connectivity index (χ0) is 15.1. The Morgan fingerprint density at radius 1 is 1.19 bits per heavy atom. The van der Waals surface area contributed by atoms with Crippen LogP contribution in [0.2, 0.25) is 0 Å². The van der Waals surface area contributed by atoms with E-state index in [0.717, 1.165) is 24.5 Å². The summed E-state index contributed by atoms with van der Waals surface area (Å²) >= 11 is 0. The van der Waals surface area contributed by atoms with E-state index in [9.17, 15) is 0 Å². The fourth-order valence-corrected chi connectivity index (χ4v) is 3.27. The summed E-state index contributed by atoms with van der Waals surface area (Å²) in [6.45, 7) is 3.53. The molecule has 0 radical (unpaired) electrons. The van der Waals surface area contributed by atoms with Crippen LogP contribution in [-0.2, 0) is 11.3 Å². The van der Waals surface area contributed by atoms with Crippen LogP contribution >= 0.6 is 0 Å². The molecule has 1 aliphatic rings. The van der Waals surface area contributed by atoms with Gasteiger partial charge in [-0.3, -0.25) is 0 Å². The molecule has 2 N–H and O–H groups in total. The number of hydrogen-bond acceptors (Lipinski definition) is 3. The Labute approximate surface area is 128 Å². The van der Waals surface area contributed by atoms with Gasteiger partial charge in [0.15, 0.2) is 0 Å². The second kappa shape index (κ2) is 7.81. The van der Waals surface area contributed by atoms with Crippen LogP contribution in [0, 0.1) is 5.92 Å². The summed E-state index contributed by atoms with van der Waals surface area (Å²) in [5.41, 5.74) is 7.10. The van der Waals surface area contributed by atoms with Crippen LogP contribution < -0.4 is 10.5 Å². The van der Waals surface area contributed by atoms with E-state index >= 15 is 0 Å². The summed E-state index contributed by atoms with van der Waals surface area (Å²) < 4.78 is 11.4. The lowest BCUT2D eigenvalue weighted by Crippen LogP contribution is -2.43. The predicted molar refractivity (Wildman–Crippen MR) is 86.4 cm³/mol. The molecule has 0 saturated heterocycles. The van der Waals surface area contributed by atoms with Gasteiger partial charge >= 0.3 is 0 Å². The van der Waals surface area contributed by atoms with Crippen LogP contribution in [0.5, 0.6) is 5.75 Å². The van der Waals surface area contributed by atoms with Crippen molar-refractivity contribution in [3.63, 3.8) is 0 Å². The summed E-state index contributed by atoms with van der Waals surface area (Å²) in [7, 11) is 1.68. The van der Waals surface area contributed by atoms with Gasteiger partial charge in [-0.05, 0) is 49.3 Å². The summed E-state index contributed by atoms with van der Waals surface area (Å²) in [6.07, 6.45) is 7.35. The third-order valence-corrected chi connectivity index (χ3v) is 4.79. The molecule has 0 spiro atoms. The van der Waals surface area contributed by atoms with Gasteiger partial charge in [0.1, 0.15) is 5.75 Å². The Morgan fingerprint density at radius 2 is 1.86 bits per heavy atom. The summed E-state index contributed by atoms with van der Waals surface area (Å²) in [5.74, 6) is 1.76. The van der Waals surface area contributed by atoms with Crippen molar-refractivity contribution in [1.29, 1.82) is 0 Å². The smallest absolute Gasteiger partial charge is 0.118 e. The highest BCUT2D eigenvalue weighted by Crippen LogP contribution is 2.36. The van der Waals surface area contributed by atoms with E-state index in [1.54, 1.807) is 7.11 Å². The first kappa shape index (κ1) is 16.3. The lowest BCUT2D eigenvalue weighted by atomic mass is 9.77. The number of ether oxygens (including phenoxy) is 2. The zero-order valence-corrected chi connectivity index (χ0v) is 13.4. The van der Waals surface area contributed by atoms with E-state index in [0.29, 0.717) is 13.2 Å². The van der Waals surface area contributed by atoms with Crippen molar-refractivity contribution in [2.24, 2.45) is 11.7 Å². The minimum absolute atomic E-state index is 0.107. The highest BCUT2D eigenvalue weighted by Gasteiger charge is 2.34. The fraction of sp³-hybridized carbons (Fsp3) is 0.667. The lowest BCUT2D eigenvalue weighted by molar-refractivity contribution is -0.0816. The van der Waals surface area contributed by atoms with E-state index in [2.05, 4.69) is 19.1 Å². The maximum Gasteiger partial charge on any atom is 0.118 e. The van der Waals surface area contributed by atoms with E-state index in [4.69, 9.17) is 15.2 Å². The molecule has 118 valence electrons. The van der Waals surface area contributed by atoms with Gasteiger partial charge in [-0.15, -0.1) is 0 Å². The molecule has 0 aromatic heterocycles. The van der Waals surface area contributed by atoms with Gasteiger partial charge in [-0.25, -0.2) is 0 Å². The number of benzene rings is 1. The Bertz CT molecular complexity index is 408. The van der Waals surface area contributed by atoms with Crippen molar-refractivity contribution >= 4 is 0 Å². The normalized spacial score (nSPS) is 25.8. The SMILES string of the molecule is CCCC1CCC(CN)(OCc2ccc(OC)cc2)CC1. The number of hydrogen-bond donors (Lipinski definition) is 1. The Morgan fingerprint density at radius 3 is 2.38 bits per heavy atom. The van der Waals surface area contributed by atoms with Crippen molar-refractivity contribution in [2.75, 3.05) is 13.7 Å². The first-order valence-corrected chi connectivity index (χ1v) is 8.18. The number of nitrogens with two attached hydrogens (primary N) is 1. The summed E-state index contributed by atoms with van der Waals surface area (Å²) in [4.78, 5) is 0. The van der Waals surface area contributed by atoms with Crippen LogP contribution in [0.4, 0.5) is 0 Å². The monoisotopic (exact) mass is 291 g/mol. The molecule has 3 nitrogen and oxygen atoms in total. The predicted octanol–water partition coefficient (Wildman–Crippen LogP) is 3.90. The number of methoxy groups -OCH3 is 1. The highest BCUT2D eigenvalue weighted by atomic mass is 16.5. The van der Waals surface area contributed by atoms with E-state index in [1.807, 2.05) is 12.1 Å². The van der Waals surface area contributed by atoms with Gasteiger partial charge in [-0.2, -0.15) is 0 Å². The third-order valence-electron chi connectivity index (χ3n) is 4.79. The minimum Gasteiger partial charge on any atom is -0.497 e. The maximum atomic E-state index is 6.24. The second-order valence-corrected chi connectivity index (χ2v) is 6.26. The molecule has 1 saturated carbocycles. The molecule has 1 aromatic carbocycles. The highest BCUT2D eigenvalue weighted by molar-refractivity contribution is 5.26. The van der Waals surface area contributed by atoms with Gasteiger partial charge in [0.2, 0.25) is 0 Å². The standard InChI is InChI=1S/C18H29NO2/c1-3-4-15-9-11-18(14-19,12-10-15)21-13-16-5-7-17(20-2)8-6-16/h5-8,15H,3-4,9-14,19H2,1-2H3. The van der Waals surface area contributed by atoms with Gasteiger partial charge in [-0.1, -0.05) is 31.9 Å². The Hall–Kier alpha value is -1.06. The van der Waals surface area contributed by atoms with Crippen LogP contribution in [0.15, 0.2) is 24.3 Å². The molecule has 0 heterocycles. The fourth-order valence-electron chi connectivity index (χ4n) is 3.27. The Kier molecular flexibility index (Phi) is 6.07. The molecule has 21 heavy (non-hydrogen) atoms. The molecular formula is C18H29NO2. The second-order valence-electron chi connectivity index (χ2n) is 6.26. The zero-order valence-electron chi connectivity index (χ0n) is 13.4. The summed E-state index contributed by atoms with van der Waals surface area (Å²) in [5, 5.41) is 0. The molecule has 0 atom stereocenters. The van der Waals surface area contributed by atoms with Crippen LogP contribution in [0.3, 0.4) is 0 Å². The molecule has 3 heteroatoms. The van der Waals surface area contributed by atoms with Gasteiger partial charge < -0.3 is 15.2 Å². The van der Waals surface area contributed by atoms with Crippen molar-refractivity contribution in [1.82, 2.24) is 0 Å². The van der Waals surface area contributed by atoms with Gasteiger partial charge in [0.05, 0.1) is 19.3 Å². The molecule has 0 aliphatic heterocycles. The van der Waals surface area contributed by atoms with Crippen molar-refractivity contribution in [3.8, 4) is 5.75 Å². The van der Waals surface area contributed by atoms with E-state index in [-0.39, 0.29) is 5.60 Å². The minimum atomic E-state index is -0.107. The molecule has 1 aromatic rings. The maximum absolute atomic E-state index is 6.24. The summed E-state index contributed by atoms with van der Waals surface area (Å²) in [6, 6.07) is 8.08. The first-order valence-electron chi connectivity index (χ1n) is 8.18. The molecule has 0 bridgehead atoms. The molecule has 0 amide bonds. The van der Waals surface area contributed by atoms with E-state index in [1.165, 1.54) is 31.2 Å². The lowest BCUT2D eigenvalue weighted by Gasteiger charge is -2.39. The van der Waals surface area contributed by atoms with Crippen LogP contribution in [0.1, 0.15) is 51.0 Å². The van der Waals surface area contributed by atoms with Crippen molar-refractivity contribution in [2.45, 2.75) is 57.7 Å². The molecule has 1 aliphatic carbocycles. The molecule has 0 unspecified atom stereocenters. The topological polar surface area (TPSA) is 44.5 Å². The van der Waals surface area contributed by atoms with Gasteiger partial charge in [0, 0.05) is 6.54 Å². The molecule has 1 fully saturated rings. The largest absolute Gasteiger partial charge is 0.497 e. The Balaban J connectivity index is 1.87. The van der Waals surface area contributed by atoms with Crippen LogP contribution in [-0.4, -0.2) is 19.3 Å². The third kappa shape index (κ3) is 4.45. The molecular weight excluding hydrogens is 262 g/mol. The molecule has 2 rings (SSSR count). The van der Waals surface area contributed by atoms with Gasteiger partial charge in [0.25, 0.3) is 0 Å². The van der Waals surface area contributed by atoms with Crippen LogP contribution in [0.25, 0.3) is 0 Å². The average Bonchev–Trinajstić information content (AvgIpc) is 2.55. The van der Waals surface area contributed by atoms with Crippen molar-refractivity contribution in [3.05, 3.63) is 29.8 Å². The number of rotatable bonds is 7.